The van der Waals surface area contributed by atoms with E-state index < -0.39 is 0 Å². The van der Waals surface area contributed by atoms with Crippen LogP contribution in [0.1, 0.15) is 36.9 Å². The highest BCUT2D eigenvalue weighted by Crippen LogP contribution is 2.25. The first-order valence-electron chi connectivity index (χ1n) is 5.75. The number of nitrogens with two attached hydrogens (primary N) is 1. The van der Waals surface area contributed by atoms with Crippen LogP contribution in [0.4, 0.5) is 0 Å². The van der Waals surface area contributed by atoms with Gasteiger partial charge in [-0.05, 0) is 38.3 Å². The van der Waals surface area contributed by atoms with Crippen molar-refractivity contribution in [2.45, 2.75) is 32.7 Å². The van der Waals surface area contributed by atoms with Gasteiger partial charge in [0.2, 0.25) is 0 Å². The highest BCUT2D eigenvalue weighted by Gasteiger charge is 2.07. The van der Waals surface area contributed by atoms with Crippen LogP contribution in [0.5, 0.6) is 5.75 Å². The van der Waals surface area contributed by atoms with Gasteiger partial charge in [-0.15, -0.1) is 0 Å². The molecular formula is C13H21NO2. The normalized spacial score (nSPS) is 12.5. The third-order valence-electron chi connectivity index (χ3n) is 2.47. The number of aliphatic hydroxyl groups is 1. The lowest BCUT2D eigenvalue weighted by molar-refractivity contribution is 0.251. The highest BCUT2D eigenvalue weighted by molar-refractivity contribution is 5.38. The van der Waals surface area contributed by atoms with Gasteiger partial charge < -0.3 is 15.6 Å². The van der Waals surface area contributed by atoms with E-state index in [2.05, 4.69) is 0 Å². The maximum absolute atomic E-state index is 8.67. The standard InChI is InChI=1S/C13H21NO2/c1-10-5-6-12(11(2)14)13(9-10)16-8-4-3-7-15/h5-6,9,11,15H,3-4,7-8,14H2,1-2H3/t11-/m1/s1. The van der Waals surface area contributed by atoms with Gasteiger partial charge in [-0.2, -0.15) is 0 Å². The topological polar surface area (TPSA) is 55.5 Å². The average Bonchev–Trinajstić information content (AvgIpc) is 2.24. The van der Waals surface area contributed by atoms with E-state index in [0.717, 1.165) is 24.2 Å². The first kappa shape index (κ1) is 13.0. The van der Waals surface area contributed by atoms with E-state index in [-0.39, 0.29) is 12.6 Å². The van der Waals surface area contributed by atoms with Crippen molar-refractivity contribution in [2.24, 2.45) is 5.73 Å². The molecule has 0 aliphatic carbocycles. The van der Waals surface area contributed by atoms with Crippen LogP contribution < -0.4 is 10.5 Å². The Kier molecular flexibility index (Phi) is 5.29. The minimum atomic E-state index is -0.0200. The van der Waals surface area contributed by atoms with Gasteiger partial charge in [0.25, 0.3) is 0 Å². The first-order chi connectivity index (χ1) is 7.65. The van der Waals surface area contributed by atoms with E-state index in [1.54, 1.807) is 0 Å². The molecule has 0 unspecified atom stereocenters. The maximum Gasteiger partial charge on any atom is 0.124 e. The summed E-state index contributed by atoms with van der Waals surface area (Å²) in [4.78, 5) is 0. The molecule has 3 heteroatoms. The molecule has 3 nitrogen and oxygen atoms in total. The van der Waals surface area contributed by atoms with Gasteiger partial charge in [-0.1, -0.05) is 12.1 Å². The minimum absolute atomic E-state index is 0.0200. The third-order valence-corrected chi connectivity index (χ3v) is 2.47. The van der Waals surface area contributed by atoms with Crippen LogP contribution >= 0.6 is 0 Å². The molecule has 0 bridgehead atoms. The summed E-state index contributed by atoms with van der Waals surface area (Å²) in [7, 11) is 0. The summed E-state index contributed by atoms with van der Waals surface area (Å²) in [5, 5.41) is 8.67. The van der Waals surface area contributed by atoms with Crippen LogP contribution in [0, 0.1) is 6.92 Å². The molecule has 0 fully saturated rings. The predicted octanol–water partition coefficient (Wildman–Crippen LogP) is 2.17. The number of rotatable bonds is 6. The lowest BCUT2D eigenvalue weighted by Gasteiger charge is -2.14. The van der Waals surface area contributed by atoms with Gasteiger partial charge in [0.15, 0.2) is 0 Å². The van der Waals surface area contributed by atoms with E-state index >= 15 is 0 Å². The molecule has 0 spiro atoms. The van der Waals surface area contributed by atoms with E-state index in [4.69, 9.17) is 15.6 Å². The SMILES string of the molecule is Cc1ccc([C@@H](C)N)c(OCCCCO)c1. The van der Waals surface area contributed by atoms with Crippen molar-refractivity contribution in [3.63, 3.8) is 0 Å². The number of hydrogen-bond acceptors (Lipinski definition) is 3. The smallest absolute Gasteiger partial charge is 0.124 e. The van der Waals surface area contributed by atoms with Crippen molar-refractivity contribution in [1.29, 1.82) is 0 Å². The average molecular weight is 223 g/mol. The fourth-order valence-electron chi connectivity index (χ4n) is 1.54. The first-order valence-corrected chi connectivity index (χ1v) is 5.75. The molecule has 0 aliphatic rings. The summed E-state index contributed by atoms with van der Waals surface area (Å²) < 4.78 is 5.69. The molecule has 90 valence electrons. The zero-order chi connectivity index (χ0) is 12.0. The molecular weight excluding hydrogens is 202 g/mol. The lowest BCUT2D eigenvalue weighted by atomic mass is 10.1. The second-order valence-corrected chi connectivity index (χ2v) is 4.11. The van der Waals surface area contributed by atoms with E-state index in [1.807, 2.05) is 32.0 Å². The monoisotopic (exact) mass is 223 g/mol. The van der Waals surface area contributed by atoms with Crippen molar-refractivity contribution in [2.75, 3.05) is 13.2 Å². The molecule has 1 atom stereocenters. The molecule has 1 aromatic rings. The molecule has 0 saturated heterocycles. The quantitative estimate of drug-likeness (QED) is 0.727. The van der Waals surface area contributed by atoms with E-state index in [0.29, 0.717) is 6.61 Å². The van der Waals surface area contributed by atoms with Crippen LogP contribution in [-0.2, 0) is 0 Å². The largest absolute Gasteiger partial charge is 0.493 e. The Bertz CT molecular complexity index is 324. The number of hydrogen-bond donors (Lipinski definition) is 2. The Balaban J connectivity index is 2.65. The fourth-order valence-corrected chi connectivity index (χ4v) is 1.54. The summed E-state index contributed by atoms with van der Waals surface area (Å²) in [6.07, 6.45) is 1.64. The molecule has 0 aromatic heterocycles. The van der Waals surface area contributed by atoms with Crippen molar-refractivity contribution >= 4 is 0 Å². The molecule has 0 amide bonds. The van der Waals surface area contributed by atoms with Crippen molar-refractivity contribution in [3.8, 4) is 5.75 Å². The van der Waals surface area contributed by atoms with Gasteiger partial charge in [0.1, 0.15) is 5.75 Å². The lowest BCUT2D eigenvalue weighted by Crippen LogP contribution is -2.09. The summed E-state index contributed by atoms with van der Waals surface area (Å²) in [5.41, 5.74) is 8.08. The van der Waals surface area contributed by atoms with Crippen molar-refractivity contribution < 1.29 is 9.84 Å². The molecule has 3 N–H and O–H groups in total. The zero-order valence-corrected chi connectivity index (χ0v) is 10.1. The van der Waals surface area contributed by atoms with Crippen LogP contribution in [0.3, 0.4) is 0 Å². The summed E-state index contributed by atoms with van der Waals surface area (Å²) in [5.74, 6) is 0.868. The molecule has 0 saturated carbocycles. The second kappa shape index (κ2) is 6.51. The maximum atomic E-state index is 8.67. The Morgan fingerprint density at radius 1 is 1.38 bits per heavy atom. The molecule has 16 heavy (non-hydrogen) atoms. The van der Waals surface area contributed by atoms with Crippen molar-refractivity contribution in [1.82, 2.24) is 0 Å². The number of aliphatic hydroxyl groups excluding tert-OH is 1. The Labute approximate surface area is 97.2 Å². The van der Waals surface area contributed by atoms with Gasteiger partial charge >= 0.3 is 0 Å². The van der Waals surface area contributed by atoms with E-state index in [1.165, 1.54) is 5.56 Å². The van der Waals surface area contributed by atoms with Crippen LogP contribution in [0.15, 0.2) is 18.2 Å². The minimum Gasteiger partial charge on any atom is -0.493 e. The summed E-state index contributed by atoms with van der Waals surface area (Å²) in [6.45, 7) is 4.83. The van der Waals surface area contributed by atoms with Gasteiger partial charge in [0.05, 0.1) is 6.61 Å². The highest BCUT2D eigenvalue weighted by atomic mass is 16.5. The molecule has 0 aliphatic heterocycles. The zero-order valence-electron chi connectivity index (χ0n) is 10.1. The second-order valence-electron chi connectivity index (χ2n) is 4.11. The van der Waals surface area contributed by atoms with E-state index in [9.17, 15) is 0 Å². The number of unbranched alkanes of at least 4 members (excludes halogenated alkanes) is 1. The summed E-state index contributed by atoms with van der Waals surface area (Å²) >= 11 is 0. The van der Waals surface area contributed by atoms with Crippen LogP contribution in [-0.4, -0.2) is 18.3 Å². The number of aryl methyl sites for hydroxylation is 1. The Morgan fingerprint density at radius 3 is 2.75 bits per heavy atom. The molecule has 0 radical (unpaired) electrons. The van der Waals surface area contributed by atoms with Crippen LogP contribution in [0.25, 0.3) is 0 Å². The molecule has 0 heterocycles. The number of benzene rings is 1. The van der Waals surface area contributed by atoms with Crippen LogP contribution in [0.2, 0.25) is 0 Å². The Hall–Kier alpha value is -1.06. The van der Waals surface area contributed by atoms with Gasteiger partial charge in [-0.25, -0.2) is 0 Å². The predicted molar refractivity (Wildman–Crippen MR) is 65.6 cm³/mol. The Morgan fingerprint density at radius 2 is 2.12 bits per heavy atom. The fraction of sp³-hybridized carbons (Fsp3) is 0.538. The molecule has 1 aromatic carbocycles. The van der Waals surface area contributed by atoms with Crippen molar-refractivity contribution in [3.05, 3.63) is 29.3 Å². The molecule has 1 rings (SSSR count). The summed E-state index contributed by atoms with van der Waals surface area (Å²) in [6, 6.07) is 6.05. The van der Waals surface area contributed by atoms with Gasteiger partial charge in [-0.3, -0.25) is 0 Å². The van der Waals surface area contributed by atoms with Gasteiger partial charge in [0, 0.05) is 18.2 Å². The third kappa shape index (κ3) is 3.83. The number of ether oxygens (including phenoxy) is 1.